The molecule has 2 N–H and O–H groups in total. The van der Waals surface area contributed by atoms with Crippen LogP contribution in [0.3, 0.4) is 0 Å². The lowest BCUT2D eigenvalue weighted by Gasteiger charge is -2.22. The third kappa shape index (κ3) is 4.37. The topological polar surface area (TPSA) is 78.9 Å². The first-order valence-corrected chi connectivity index (χ1v) is 7.85. The van der Waals surface area contributed by atoms with Gasteiger partial charge in [-0.2, -0.15) is 0 Å². The highest BCUT2D eigenvalue weighted by atomic mass is 19.1. The van der Waals surface area contributed by atoms with E-state index in [4.69, 9.17) is 4.74 Å². The molecule has 0 spiro atoms. The van der Waals surface area contributed by atoms with Gasteiger partial charge >= 0.3 is 6.09 Å². The minimum absolute atomic E-state index is 0.0503. The number of benzene rings is 1. The molecule has 0 aromatic heterocycles. The number of aromatic hydroxyl groups is 1. The molecule has 1 unspecified atom stereocenters. The maximum atomic E-state index is 14.0. The van der Waals surface area contributed by atoms with Crippen LogP contribution in [0.15, 0.2) is 12.1 Å². The van der Waals surface area contributed by atoms with Crippen molar-refractivity contribution in [2.45, 2.75) is 45.8 Å². The largest absolute Gasteiger partial charge is 0.508 e. The average molecular weight is 338 g/mol. The lowest BCUT2D eigenvalue weighted by Crippen LogP contribution is -2.41. The number of likely N-dealkylation sites (tertiary alicyclic amines) is 1. The second-order valence-electron chi connectivity index (χ2n) is 7.00. The molecule has 1 atom stereocenters. The number of amides is 2. The molecule has 0 saturated carbocycles. The molecule has 1 aromatic rings. The van der Waals surface area contributed by atoms with Crippen LogP contribution >= 0.6 is 0 Å². The molecule has 1 aromatic carbocycles. The van der Waals surface area contributed by atoms with E-state index in [-0.39, 0.29) is 23.9 Å². The van der Waals surface area contributed by atoms with Crippen LogP contribution in [0.25, 0.3) is 0 Å². The van der Waals surface area contributed by atoms with Crippen LogP contribution in [0, 0.1) is 12.7 Å². The minimum atomic E-state index is -0.749. The van der Waals surface area contributed by atoms with Crippen LogP contribution in [0.2, 0.25) is 0 Å². The molecule has 0 radical (unpaired) electrons. The van der Waals surface area contributed by atoms with Gasteiger partial charge in [-0.3, -0.25) is 4.79 Å². The van der Waals surface area contributed by atoms with Crippen LogP contribution in [-0.2, 0) is 4.74 Å². The first-order valence-electron chi connectivity index (χ1n) is 7.85. The van der Waals surface area contributed by atoms with Gasteiger partial charge in [0.15, 0.2) is 0 Å². The second kappa shape index (κ2) is 6.67. The highest BCUT2D eigenvalue weighted by molar-refractivity contribution is 5.96. The summed E-state index contributed by atoms with van der Waals surface area (Å²) in [6.07, 6.45) is 0.0396. The van der Waals surface area contributed by atoms with E-state index >= 15 is 0 Å². The normalized spacial score (nSPS) is 17.7. The third-order valence-electron chi connectivity index (χ3n) is 3.68. The Kier molecular flexibility index (Phi) is 5.01. The maximum absolute atomic E-state index is 14.0. The van der Waals surface area contributed by atoms with E-state index in [1.807, 2.05) is 0 Å². The number of nitrogens with one attached hydrogen (secondary N) is 1. The Labute approximate surface area is 140 Å². The predicted octanol–water partition coefficient (Wildman–Crippen LogP) is 2.58. The molecule has 1 aliphatic heterocycles. The van der Waals surface area contributed by atoms with Gasteiger partial charge in [-0.1, -0.05) is 0 Å². The summed E-state index contributed by atoms with van der Waals surface area (Å²) in [7, 11) is 0. The number of carbonyl (C=O) groups excluding carboxylic acids is 2. The van der Waals surface area contributed by atoms with Gasteiger partial charge in [0.1, 0.15) is 17.2 Å². The Morgan fingerprint density at radius 3 is 2.62 bits per heavy atom. The zero-order valence-electron chi connectivity index (χ0n) is 14.4. The summed E-state index contributed by atoms with van der Waals surface area (Å²) in [5, 5.41) is 12.1. The lowest BCUT2D eigenvalue weighted by molar-refractivity contribution is 0.0502. The highest BCUT2D eigenvalue weighted by Gasteiger charge is 2.31. The highest BCUT2D eigenvalue weighted by Crippen LogP contribution is 2.23. The zero-order valence-corrected chi connectivity index (χ0v) is 14.4. The molecule has 1 aliphatic rings. The predicted molar refractivity (Wildman–Crippen MR) is 86.5 cm³/mol. The number of phenols is 1. The fourth-order valence-corrected chi connectivity index (χ4v) is 2.69. The SMILES string of the molecule is Cc1cc(O)cc(F)c1C(=O)N1CCC(NC(=O)OC(C)(C)C)C1. The quantitative estimate of drug-likeness (QED) is 0.869. The van der Waals surface area contributed by atoms with Gasteiger partial charge in [-0.15, -0.1) is 0 Å². The number of ether oxygens (including phenoxy) is 1. The fraction of sp³-hybridized carbons (Fsp3) is 0.529. The Balaban J connectivity index is 2.01. The van der Waals surface area contributed by atoms with E-state index in [1.165, 1.54) is 11.0 Å². The molecule has 1 fully saturated rings. The summed E-state index contributed by atoms with van der Waals surface area (Å²) < 4.78 is 19.2. The van der Waals surface area contributed by atoms with Crippen molar-refractivity contribution >= 4 is 12.0 Å². The smallest absolute Gasteiger partial charge is 0.407 e. The van der Waals surface area contributed by atoms with Crippen LogP contribution in [0.5, 0.6) is 5.75 Å². The number of phenolic OH excluding ortho intramolecular Hbond substituents is 1. The third-order valence-corrected chi connectivity index (χ3v) is 3.68. The molecule has 6 nitrogen and oxygen atoms in total. The summed E-state index contributed by atoms with van der Waals surface area (Å²) in [5.74, 6) is -1.41. The monoisotopic (exact) mass is 338 g/mol. The van der Waals surface area contributed by atoms with Crippen molar-refractivity contribution in [3.63, 3.8) is 0 Å². The number of halogens is 1. The van der Waals surface area contributed by atoms with Gasteiger partial charge in [-0.25, -0.2) is 9.18 Å². The van der Waals surface area contributed by atoms with Crippen molar-refractivity contribution in [2.24, 2.45) is 0 Å². The summed E-state index contributed by atoms with van der Waals surface area (Å²) in [5.41, 5.74) is -0.267. The van der Waals surface area contributed by atoms with Gasteiger partial charge < -0.3 is 20.1 Å². The van der Waals surface area contributed by atoms with Gasteiger partial charge in [0, 0.05) is 19.2 Å². The van der Waals surface area contributed by atoms with Crippen molar-refractivity contribution < 1.29 is 23.8 Å². The Morgan fingerprint density at radius 2 is 2.04 bits per heavy atom. The van der Waals surface area contributed by atoms with E-state index < -0.39 is 23.4 Å². The van der Waals surface area contributed by atoms with Gasteiger partial charge in [0.2, 0.25) is 0 Å². The molecular formula is C17H23FN2O4. The van der Waals surface area contributed by atoms with Crippen molar-refractivity contribution in [1.82, 2.24) is 10.2 Å². The van der Waals surface area contributed by atoms with Gasteiger partial charge in [0.25, 0.3) is 5.91 Å². The molecule has 0 bridgehead atoms. The number of hydrogen-bond donors (Lipinski definition) is 2. The number of carbonyl (C=O) groups is 2. The van der Waals surface area contributed by atoms with E-state index in [0.29, 0.717) is 18.5 Å². The molecule has 2 amide bonds. The zero-order chi connectivity index (χ0) is 18.1. The minimum Gasteiger partial charge on any atom is -0.508 e. The molecule has 0 aliphatic carbocycles. The lowest BCUT2D eigenvalue weighted by atomic mass is 10.1. The Hall–Kier alpha value is -2.31. The van der Waals surface area contributed by atoms with Crippen LogP contribution in [-0.4, -0.2) is 46.7 Å². The number of nitrogens with zero attached hydrogens (tertiary/aromatic N) is 1. The van der Waals surface area contributed by atoms with E-state index in [2.05, 4.69) is 5.32 Å². The van der Waals surface area contributed by atoms with Crippen molar-refractivity contribution in [1.29, 1.82) is 0 Å². The first kappa shape index (κ1) is 18.0. The van der Waals surface area contributed by atoms with E-state index in [1.54, 1.807) is 27.7 Å². The molecule has 24 heavy (non-hydrogen) atoms. The van der Waals surface area contributed by atoms with Crippen LogP contribution in [0.4, 0.5) is 9.18 Å². The molecule has 1 saturated heterocycles. The molecule has 2 rings (SSSR count). The summed E-state index contributed by atoms with van der Waals surface area (Å²) in [6.45, 7) is 7.59. The second-order valence-corrected chi connectivity index (χ2v) is 7.00. The molecular weight excluding hydrogens is 315 g/mol. The standard InChI is InChI=1S/C17H23FN2O4/c1-10-7-12(21)8-13(18)14(10)15(22)20-6-5-11(9-20)19-16(23)24-17(2,3)4/h7-8,11,21H,5-6,9H2,1-4H3,(H,19,23). The summed E-state index contributed by atoms with van der Waals surface area (Å²) in [6, 6.07) is 2.04. The number of aryl methyl sites for hydroxylation is 1. The Morgan fingerprint density at radius 1 is 1.38 bits per heavy atom. The van der Waals surface area contributed by atoms with Crippen molar-refractivity contribution in [3.8, 4) is 5.75 Å². The Bertz CT molecular complexity index is 631. The number of hydrogen-bond acceptors (Lipinski definition) is 4. The van der Waals surface area contributed by atoms with Crippen LogP contribution < -0.4 is 5.32 Å². The first-order chi connectivity index (χ1) is 11.1. The fourth-order valence-electron chi connectivity index (χ4n) is 2.69. The number of alkyl carbamates (subject to hydrolysis) is 1. The van der Waals surface area contributed by atoms with Crippen molar-refractivity contribution in [3.05, 3.63) is 29.1 Å². The molecule has 132 valence electrons. The van der Waals surface area contributed by atoms with E-state index in [9.17, 15) is 19.1 Å². The summed E-state index contributed by atoms with van der Waals surface area (Å²) in [4.78, 5) is 25.8. The van der Waals surface area contributed by atoms with Crippen LogP contribution in [0.1, 0.15) is 43.1 Å². The molecule has 7 heteroatoms. The van der Waals surface area contributed by atoms with Gasteiger partial charge in [-0.05, 0) is 45.7 Å². The summed E-state index contributed by atoms with van der Waals surface area (Å²) >= 11 is 0. The van der Waals surface area contributed by atoms with Gasteiger partial charge in [0.05, 0.1) is 11.6 Å². The van der Waals surface area contributed by atoms with E-state index in [0.717, 1.165) is 6.07 Å². The van der Waals surface area contributed by atoms with Crippen molar-refractivity contribution in [2.75, 3.05) is 13.1 Å². The maximum Gasteiger partial charge on any atom is 0.407 e. The average Bonchev–Trinajstić information content (AvgIpc) is 2.83. The molecule has 1 heterocycles. The number of rotatable bonds is 2.